The van der Waals surface area contributed by atoms with Crippen LogP contribution < -0.4 is 9.62 Å². The van der Waals surface area contributed by atoms with Crippen LogP contribution in [0.3, 0.4) is 0 Å². The predicted octanol–water partition coefficient (Wildman–Crippen LogP) is 2.76. The summed E-state index contributed by atoms with van der Waals surface area (Å²) < 4.78 is 27.7. The molecule has 1 aliphatic rings. The lowest BCUT2D eigenvalue weighted by atomic mass is 10.2. The number of anilines is 1. The highest BCUT2D eigenvalue weighted by Crippen LogP contribution is 2.24. The van der Waals surface area contributed by atoms with Crippen LogP contribution in [-0.4, -0.2) is 51.9 Å². The third-order valence-corrected chi connectivity index (χ3v) is 6.53. The van der Waals surface area contributed by atoms with E-state index in [1.165, 1.54) is 10.4 Å². The van der Waals surface area contributed by atoms with Gasteiger partial charge in [0.25, 0.3) is 15.9 Å². The number of sulfonamides is 1. The normalized spacial score (nSPS) is 14.7. The van der Waals surface area contributed by atoms with Crippen LogP contribution in [0.1, 0.15) is 23.7 Å². The first-order chi connectivity index (χ1) is 13.0. The van der Waals surface area contributed by atoms with Crippen molar-refractivity contribution in [2.24, 2.45) is 0 Å². The fourth-order valence-electron chi connectivity index (χ4n) is 3.23. The highest BCUT2D eigenvalue weighted by molar-refractivity contribution is 7.92. The number of amides is 1. The molecule has 0 aliphatic carbocycles. The number of carbonyl (C=O) groups excluding carboxylic acids is 1. The highest BCUT2D eigenvalue weighted by Gasteiger charge is 2.25. The van der Waals surface area contributed by atoms with Gasteiger partial charge in [0.1, 0.15) is 0 Å². The van der Waals surface area contributed by atoms with Crippen molar-refractivity contribution < 1.29 is 13.2 Å². The molecule has 8 heteroatoms. The number of nitrogens with one attached hydrogen (secondary N) is 1. The van der Waals surface area contributed by atoms with E-state index in [9.17, 15) is 13.2 Å². The van der Waals surface area contributed by atoms with Crippen molar-refractivity contribution in [3.05, 3.63) is 60.2 Å². The van der Waals surface area contributed by atoms with Crippen LogP contribution in [0.4, 0.5) is 5.69 Å². The van der Waals surface area contributed by atoms with E-state index >= 15 is 0 Å². The van der Waals surface area contributed by atoms with Gasteiger partial charge in [0, 0.05) is 31.7 Å². The van der Waals surface area contributed by atoms with E-state index in [2.05, 4.69) is 5.32 Å². The van der Waals surface area contributed by atoms with Gasteiger partial charge in [-0.1, -0.05) is 24.3 Å². The van der Waals surface area contributed by atoms with E-state index in [0.717, 1.165) is 19.5 Å². The number of hydrogen-bond donors (Lipinski definition) is 1. The van der Waals surface area contributed by atoms with E-state index in [1.54, 1.807) is 54.3 Å². The Labute approximate surface area is 173 Å². The van der Waals surface area contributed by atoms with Gasteiger partial charge in [-0.2, -0.15) is 0 Å². The molecular weight excluding hydrogens is 398 g/mol. The molecule has 2 aromatic carbocycles. The second-order valence-electron chi connectivity index (χ2n) is 6.43. The smallest absolute Gasteiger partial charge is 0.264 e. The molecule has 0 bridgehead atoms. The molecule has 0 aromatic heterocycles. The fraction of sp³-hybridized carbons (Fsp3) is 0.350. The lowest BCUT2D eigenvalue weighted by Crippen LogP contribution is -2.34. The molecule has 2 aromatic rings. The summed E-state index contributed by atoms with van der Waals surface area (Å²) in [5.41, 5.74) is 1.01. The Morgan fingerprint density at radius 2 is 1.82 bits per heavy atom. The van der Waals surface area contributed by atoms with Crippen LogP contribution in [0.2, 0.25) is 0 Å². The maximum Gasteiger partial charge on any atom is 0.264 e. The molecule has 3 rings (SSSR count). The monoisotopic (exact) mass is 423 g/mol. The lowest BCUT2D eigenvalue weighted by molar-refractivity contribution is 0.0766. The standard InChI is InChI=1S/C20H25N3O3S.ClH/c1-2-23(18-9-4-3-5-10-18)27(25,26)19-11-6-8-17(16-19)20(24)22-14-7-12-21-13-15-22;/h3-6,8-11,16,21H,2,7,12-15H2,1H3;1H. The van der Waals surface area contributed by atoms with Gasteiger partial charge in [0.15, 0.2) is 0 Å². The van der Waals surface area contributed by atoms with Crippen LogP contribution >= 0.6 is 12.4 Å². The average molecular weight is 424 g/mol. The molecule has 1 aliphatic heterocycles. The van der Waals surface area contributed by atoms with E-state index in [1.807, 2.05) is 6.07 Å². The van der Waals surface area contributed by atoms with Crippen LogP contribution in [0.25, 0.3) is 0 Å². The second kappa shape index (κ2) is 9.91. The van der Waals surface area contributed by atoms with E-state index in [0.29, 0.717) is 30.9 Å². The molecular formula is C20H26ClN3O3S. The molecule has 1 fully saturated rings. The molecule has 1 heterocycles. The zero-order valence-corrected chi connectivity index (χ0v) is 17.5. The Morgan fingerprint density at radius 1 is 1.07 bits per heavy atom. The molecule has 6 nitrogen and oxygen atoms in total. The summed E-state index contributed by atoms with van der Waals surface area (Å²) in [6.45, 7) is 5.04. The average Bonchev–Trinajstić information content (AvgIpc) is 2.98. The Bertz CT molecular complexity index is 883. The highest BCUT2D eigenvalue weighted by atomic mass is 35.5. The van der Waals surface area contributed by atoms with Gasteiger partial charge >= 0.3 is 0 Å². The summed E-state index contributed by atoms with van der Waals surface area (Å²) in [6, 6.07) is 15.3. The van der Waals surface area contributed by atoms with Crippen LogP contribution in [0.5, 0.6) is 0 Å². The van der Waals surface area contributed by atoms with Crippen LogP contribution in [0, 0.1) is 0 Å². The molecule has 28 heavy (non-hydrogen) atoms. The molecule has 0 atom stereocenters. The minimum absolute atomic E-state index is 0. The quantitative estimate of drug-likeness (QED) is 0.802. The molecule has 0 unspecified atom stereocenters. The van der Waals surface area contributed by atoms with Crippen LogP contribution in [0.15, 0.2) is 59.5 Å². The Hall–Kier alpha value is -2.09. The molecule has 0 saturated carbocycles. The molecule has 0 radical (unpaired) electrons. The number of rotatable bonds is 5. The number of nitrogens with zero attached hydrogens (tertiary/aromatic N) is 2. The largest absolute Gasteiger partial charge is 0.337 e. The summed E-state index contributed by atoms with van der Waals surface area (Å²) in [7, 11) is -3.75. The Balaban J connectivity index is 0.00000280. The first-order valence-corrected chi connectivity index (χ1v) is 10.7. The summed E-state index contributed by atoms with van der Waals surface area (Å²) in [6.07, 6.45) is 0.890. The maximum absolute atomic E-state index is 13.2. The fourth-order valence-corrected chi connectivity index (χ4v) is 4.75. The van der Waals surface area contributed by atoms with Crippen molar-refractivity contribution in [3.63, 3.8) is 0 Å². The van der Waals surface area contributed by atoms with Crippen molar-refractivity contribution in [3.8, 4) is 0 Å². The summed E-state index contributed by atoms with van der Waals surface area (Å²) in [4.78, 5) is 14.7. The summed E-state index contributed by atoms with van der Waals surface area (Å²) in [5, 5.41) is 3.26. The number of hydrogen-bond acceptors (Lipinski definition) is 4. The van der Waals surface area contributed by atoms with Gasteiger partial charge < -0.3 is 10.2 Å². The molecule has 1 amide bonds. The molecule has 152 valence electrons. The van der Waals surface area contributed by atoms with Gasteiger partial charge in [-0.3, -0.25) is 9.10 Å². The third-order valence-electron chi connectivity index (χ3n) is 4.63. The second-order valence-corrected chi connectivity index (χ2v) is 8.29. The number of carbonyl (C=O) groups is 1. The van der Waals surface area contributed by atoms with E-state index in [-0.39, 0.29) is 23.2 Å². The van der Waals surface area contributed by atoms with Gasteiger partial charge in [-0.15, -0.1) is 12.4 Å². The van der Waals surface area contributed by atoms with E-state index < -0.39 is 10.0 Å². The van der Waals surface area contributed by atoms with Crippen molar-refractivity contribution in [2.45, 2.75) is 18.2 Å². The molecule has 1 N–H and O–H groups in total. The van der Waals surface area contributed by atoms with Gasteiger partial charge in [-0.25, -0.2) is 8.42 Å². The maximum atomic E-state index is 13.2. The minimum atomic E-state index is -3.75. The number of para-hydroxylation sites is 1. The SMILES string of the molecule is CCN(c1ccccc1)S(=O)(=O)c1cccc(C(=O)N2CCCNCC2)c1.Cl. The predicted molar refractivity (Wildman–Crippen MR) is 114 cm³/mol. The minimum Gasteiger partial charge on any atom is -0.337 e. The summed E-state index contributed by atoms with van der Waals surface area (Å²) >= 11 is 0. The zero-order valence-electron chi connectivity index (χ0n) is 15.9. The first-order valence-electron chi connectivity index (χ1n) is 9.22. The topological polar surface area (TPSA) is 69.7 Å². The zero-order chi connectivity index (χ0) is 19.3. The van der Waals surface area contributed by atoms with Crippen molar-refractivity contribution in [1.82, 2.24) is 10.2 Å². The van der Waals surface area contributed by atoms with Crippen molar-refractivity contribution in [2.75, 3.05) is 37.0 Å². The van der Waals surface area contributed by atoms with Gasteiger partial charge in [0.05, 0.1) is 10.6 Å². The Morgan fingerprint density at radius 3 is 2.54 bits per heavy atom. The Kier molecular flexibility index (Phi) is 7.86. The first kappa shape index (κ1) is 22.2. The molecule has 1 saturated heterocycles. The van der Waals surface area contributed by atoms with Crippen LogP contribution in [-0.2, 0) is 10.0 Å². The van der Waals surface area contributed by atoms with Gasteiger partial charge in [-0.05, 0) is 50.2 Å². The van der Waals surface area contributed by atoms with E-state index in [4.69, 9.17) is 0 Å². The van der Waals surface area contributed by atoms with Crippen molar-refractivity contribution in [1.29, 1.82) is 0 Å². The van der Waals surface area contributed by atoms with Crippen molar-refractivity contribution >= 4 is 34.0 Å². The number of halogens is 1. The summed E-state index contributed by atoms with van der Waals surface area (Å²) in [5.74, 6) is -0.126. The lowest BCUT2D eigenvalue weighted by Gasteiger charge is -2.24. The van der Waals surface area contributed by atoms with Gasteiger partial charge in [0.2, 0.25) is 0 Å². The third kappa shape index (κ3) is 4.84. The molecule has 0 spiro atoms. The number of benzene rings is 2.